The van der Waals surface area contributed by atoms with Gasteiger partial charge in [-0.2, -0.15) is 0 Å². The first kappa shape index (κ1) is 18.8. The highest BCUT2D eigenvalue weighted by Gasteiger charge is 2.14. The molecule has 0 radical (unpaired) electrons. The highest BCUT2D eigenvalue weighted by Crippen LogP contribution is 2.34. The molecule has 0 unspecified atom stereocenters. The quantitative estimate of drug-likeness (QED) is 0.329. The van der Waals surface area contributed by atoms with Gasteiger partial charge in [-0.1, -0.05) is 30.3 Å². The maximum absolute atomic E-state index is 5.17. The zero-order valence-electron chi connectivity index (χ0n) is 15.4. The predicted octanol–water partition coefficient (Wildman–Crippen LogP) is 4.51. The predicted molar refractivity (Wildman–Crippen MR) is 117 cm³/mol. The SMILES string of the molecule is CO[n+]1ccc(-c2nc(NCCCc3ccccc3)c3scc(Br)c3n2)cc1. The Labute approximate surface area is 176 Å². The Balaban J connectivity index is 1.56. The molecule has 4 rings (SSSR count). The van der Waals surface area contributed by atoms with E-state index < -0.39 is 0 Å². The van der Waals surface area contributed by atoms with E-state index in [1.807, 2.05) is 30.6 Å². The lowest BCUT2D eigenvalue weighted by Crippen LogP contribution is -2.39. The van der Waals surface area contributed by atoms with Crippen molar-refractivity contribution in [3.05, 3.63) is 70.3 Å². The van der Waals surface area contributed by atoms with Gasteiger partial charge in [0.15, 0.2) is 5.82 Å². The Morgan fingerprint density at radius 1 is 1.11 bits per heavy atom. The van der Waals surface area contributed by atoms with E-state index in [0.717, 1.165) is 45.5 Å². The molecule has 5 nitrogen and oxygen atoms in total. The van der Waals surface area contributed by atoms with E-state index in [1.54, 1.807) is 23.2 Å². The monoisotopic (exact) mass is 455 g/mol. The van der Waals surface area contributed by atoms with Crippen molar-refractivity contribution in [2.45, 2.75) is 12.8 Å². The van der Waals surface area contributed by atoms with Crippen LogP contribution in [0.5, 0.6) is 0 Å². The molecule has 0 aliphatic heterocycles. The van der Waals surface area contributed by atoms with Crippen LogP contribution in [0.4, 0.5) is 5.82 Å². The fourth-order valence-corrected chi connectivity index (χ4v) is 4.50. The number of rotatable bonds is 7. The molecule has 0 amide bonds. The number of benzene rings is 1. The summed E-state index contributed by atoms with van der Waals surface area (Å²) in [7, 11) is 1.63. The van der Waals surface area contributed by atoms with Gasteiger partial charge in [0, 0.05) is 34.4 Å². The first-order valence-electron chi connectivity index (χ1n) is 9.03. The molecule has 0 aliphatic carbocycles. The molecule has 0 fully saturated rings. The van der Waals surface area contributed by atoms with Crippen molar-refractivity contribution in [2.24, 2.45) is 0 Å². The minimum absolute atomic E-state index is 0.695. The lowest BCUT2D eigenvalue weighted by atomic mass is 10.1. The molecule has 0 atom stereocenters. The summed E-state index contributed by atoms with van der Waals surface area (Å²) in [5.74, 6) is 1.58. The van der Waals surface area contributed by atoms with Crippen LogP contribution in [0, 0.1) is 0 Å². The normalized spacial score (nSPS) is 10.9. The number of hydrogen-bond acceptors (Lipinski definition) is 5. The maximum atomic E-state index is 5.17. The zero-order chi connectivity index (χ0) is 19.3. The van der Waals surface area contributed by atoms with Crippen LogP contribution in [0.15, 0.2) is 64.7 Å². The van der Waals surface area contributed by atoms with Crippen molar-refractivity contribution in [3.8, 4) is 11.4 Å². The lowest BCUT2D eigenvalue weighted by Gasteiger charge is -2.09. The number of fused-ring (bicyclic) bond motifs is 1. The van der Waals surface area contributed by atoms with E-state index in [-0.39, 0.29) is 0 Å². The Morgan fingerprint density at radius 2 is 1.89 bits per heavy atom. The average Bonchev–Trinajstić information content (AvgIpc) is 3.13. The zero-order valence-corrected chi connectivity index (χ0v) is 17.8. The smallest absolute Gasteiger partial charge is 0.223 e. The van der Waals surface area contributed by atoms with Crippen LogP contribution in [0.3, 0.4) is 0 Å². The molecule has 142 valence electrons. The largest absolute Gasteiger partial charge is 0.369 e. The van der Waals surface area contributed by atoms with E-state index in [2.05, 4.69) is 50.9 Å². The van der Waals surface area contributed by atoms with Crippen LogP contribution in [-0.4, -0.2) is 23.6 Å². The molecule has 0 spiro atoms. The van der Waals surface area contributed by atoms with E-state index in [0.29, 0.717) is 5.82 Å². The van der Waals surface area contributed by atoms with Gasteiger partial charge in [0.05, 0.1) is 9.17 Å². The van der Waals surface area contributed by atoms with Gasteiger partial charge in [0.25, 0.3) is 0 Å². The molecule has 0 saturated heterocycles. The summed E-state index contributed by atoms with van der Waals surface area (Å²) < 4.78 is 3.69. The number of nitrogens with one attached hydrogen (secondary N) is 1. The minimum Gasteiger partial charge on any atom is -0.369 e. The van der Waals surface area contributed by atoms with Crippen molar-refractivity contribution < 1.29 is 9.57 Å². The van der Waals surface area contributed by atoms with E-state index >= 15 is 0 Å². The summed E-state index contributed by atoms with van der Waals surface area (Å²) in [6.07, 6.45) is 5.77. The van der Waals surface area contributed by atoms with Crippen molar-refractivity contribution in [2.75, 3.05) is 19.0 Å². The molecular formula is C21H20BrN4OS+. The Hall–Kier alpha value is -2.51. The van der Waals surface area contributed by atoms with Crippen LogP contribution in [0.25, 0.3) is 21.6 Å². The second-order valence-electron chi connectivity index (χ2n) is 6.30. The number of thiophene rings is 1. The summed E-state index contributed by atoms with van der Waals surface area (Å²) in [4.78, 5) is 14.7. The van der Waals surface area contributed by atoms with Gasteiger partial charge in [-0.25, -0.2) is 9.97 Å². The summed E-state index contributed by atoms with van der Waals surface area (Å²) in [6.45, 7) is 0.856. The third kappa shape index (κ3) is 4.15. The Kier molecular flexibility index (Phi) is 5.83. The number of anilines is 1. The molecule has 28 heavy (non-hydrogen) atoms. The van der Waals surface area contributed by atoms with Crippen LogP contribution in [0.2, 0.25) is 0 Å². The van der Waals surface area contributed by atoms with Gasteiger partial charge in [-0.15, -0.1) is 11.3 Å². The van der Waals surface area contributed by atoms with Gasteiger partial charge < -0.3 is 5.32 Å². The minimum atomic E-state index is 0.695. The molecule has 3 aromatic heterocycles. The first-order chi connectivity index (χ1) is 13.7. The molecule has 3 heterocycles. The summed E-state index contributed by atoms with van der Waals surface area (Å²) >= 11 is 5.26. The topological polar surface area (TPSA) is 50.9 Å². The highest BCUT2D eigenvalue weighted by molar-refractivity contribution is 9.10. The van der Waals surface area contributed by atoms with Crippen LogP contribution >= 0.6 is 27.3 Å². The van der Waals surface area contributed by atoms with Crippen molar-refractivity contribution in [3.63, 3.8) is 0 Å². The van der Waals surface area contributed by atoms with Gasteiger partial charge >= 0.3 is 0 Å². The number of pyridine rings is 1. The molecule has 0 bridgehead atoms. The average molecular weight is 456 g/mol. The second kappa shape index (κ2) is 8.67. The van der Waals surface area contributed by atoms with Crippen molar-refractivity contribution >= 4 is 43.3 Å². The summed E-state index contributed by atoms with van der Waals surface area (Å²) in [6, 6.07) is 14.4. The molecule has 0 aliphatic rings. The third-order valence-corrected chi connectivity index (χ3v) is 6.30. The lowest BCUT2D eigenvalue weighted by molar-refractivity contribution is -0.885. The first-order valence-corrected chi connectivity index (χ1v) is 10.7. The number of hydrogen-bond donors (Lipinski definition) is 1. The van der Waals surface area contributed by atoms with E-state index in [9.17, 15) is 0 Å². The molecule has 4 aromatic rings. The Bertz CT molecular complexity index is 1070. The summed E-state index contributed by atoms with van der Waals surface area (Å²) in [5, 5.41) is 5.57. The molecule has 1 N–H and O–H groups in total. The number of aromatic nitrogens is 3. The molecule has 0 saturated carbocycles. The van der Waals surface area contributed by atoms with Crippen LogP contribution < -0.4 is 14.9 Å². The number of halogens is 1. The molecule has 7 heteroatoms. The standard InChI is InChI=1S/C21H20BrN4OS/c1-27-26-12-9-16(10-13-26)20-24-18-17(22)14-28-19(18)21(25-20)23-11-5-8-15-6-3-2-4-7-15/h2-4,6-7,9-10,12-14H,5,8,11H2,1H3,(H,23,24,25)/q+1. The second-order valence-corrected chi connectivity index (χ2v) is 8.04. The van der Waals surface area contributed by atoms with Crippen LogP contribution in [-0.2, 0) is 6.42 Å². The number of aryl methyl sites for hydroxylation is 1. The fraction of sp³-hybridized carbons (Fsp3) is 0.190. The summed E-state index contributed by atoms with van der Waals surface area (Å²) in [5.41, 5.74) is 3.23. The van der Waals surface area contributed by atoms with E-state index in [4.69, 9.17) is 14.8 Å². The molecular weight excluding hydrogens is 436 g/mol. The number of nitrogens with zero attached hydrogens (tertiary/aromatic N) is 3. The van der Waals surface area contributed by atoms with Gasteiger partial charge in [-0.05, 0) is 34.3 Å². The van der Waals surface area contributed by atoms with Crippen molar-refractivity contribution in [1.29, 1.82) is 0 Å². The third-order valence-electron chi connectivity index (χ3n) is 4.42. The Morgan fingerprint density at radius 3 is 2.64 bits per heavy atom. The highest BCUT2D eigenvalue weighted by atomic mass is 79.9. The van der Waals surface area contributed by atoms with Gasteiger partial charge in [-0.3, -0.25) is 4.84 Å². The van der Waals surface area contributed by atoms with Gasteiger partial charge in [0.1, 0.15) is 18.4 Å². The molecule has 1 aromatic carbocycles. The van der Waals surface area contributed by atoms with Crippen molar-refractivity contribution in [1.82, 2.24) is 9.97 Å². The van der Waals surface area contributed by atoms with Gasteiger partial charge in [0.2, 0.25) is 12.4 Å². The van der Waals surface area contributed by atoms with E-state index in [1.165, 1.54) is 5.56 Å². The van der Waals surface area contributed by atoms with Crippen LogP contribution in [0.1, 0.15) is 12.0 Å². The maximum Gasteiger partial charge on any atom is 0.223 e. The fourth-order valence-electron chi connectivity index (χ4n) is 2.97.